The fourth-order valence-corrected chi connectivity index (χ4v) is 3.58. The van der Waals surface area contributed by atoms with E-state index < -0.39 is 35.4 Å². The highest BCUT2D eigenvalue weighted by Crippen LogP contribution is 2.29. The number of aromatic hydroxyl groups is 2. The minimum absolute atomic E-state index is 0.00941. The van der Waals surface area contributed by atoms with Crippen molar-refractivity contribution in [2.24, 2.45) is 0 Å². The number of hydrogen-bond donors (Lipinski definition) is 3. The lowest BCUT2D eigenvalue weighted by molar-refractivity contribution is 0.0913. The van der Waals surface area contributed by atoms with E-state index in [1.54, 1.807) is 12.1 Å². The van der Waals surface area contributed by atoms with Gasteiger partial charge in [-0.05, 0) is 30.3 Å². The number of hydrogen-bond acceptors (Lipinski definition) is 7. The number of benzene rings is 2. The lowest BCUT2D eigenvalue weighted by Crippen LogP contribution is -2.37. The average Bonchev–Trinajstić information content (AvgIpc) is 3.15. The van der Waals surface area contributed by atoms with Crippen LogP contribution in [0, 0.1) is 5.82 Å². The first-order chi connectivity index (χ1) is 14.9. The minimum atomic E-state index is -0.655. The number of halogens is 1. The van der Waals surface area contributed by atoms with Gasteiger partial charge in [-0.2, -0.15) is 0 Å². The number of nitrogens with one attached hydrogen (secondary N) is 1. The van der Waals surface area contributed by atoms with Gasteiger partial charge in [0.05, 0.1) is 43.2 Å². The second-order valence-electron chi connectivity index (χ2n) is 7.23. The fourth-order valence-electron chi connectivity index (χ4n) is 3.58. The molecule has 1 unspecified atom stereocenters. The van der Waals surface area contributed by atoms with Gasteiger partial charge in [0.15, 0.2) is 11.5 Å². The Bertz CT molecular complexity index is 995. The average molecular weight is 431 g/mol. The first-order valence-electron chi connectivity index (χ1n) is 9.83. The Morgan fingerprint density at radius 2 is 1.97 bits per heavy atom. The molecule has 0 spiro atoms. The number of para-hydroxylation sites is 1. The molecule has 31 heavy (non-hydrogen) atoms. The van der Waals surface area contributed by atoms with Crippen LogP contribution in [0.1, 0.15) is 10.4 Å². The highest BCUT2D eigenvalue weighted by molar-refractivity contribution is 5.97. The van der Waals surface area contributed by atoms with Gasteiger partial charge in [0.1, 0.15) is 11.9 Å². The van der Waals surface area contributed by atoms with Crippen molar-refractivity contribution < 1.29 is 33.7 Å². The van der Waals surface area contributed by atoms with Gasteiger partial charge >= 0.3 is 6.09 Å². The molecule has 0 radical (unpaired) electrons. The van der Waals surface area contributed by atoms with E-state index >= 15 is 0 Å². The molecule has 164 valence electrons. The molecule has 0 bridgehead atoms. The number of phenolic OH excluding ortho intramolecular Hbond substituents is 2. The van der Waals surface area contributed by atoms with Gasteiger partial charge in [-0.1, -0.05) is 6.07 Å². The molecule has 1 atom stereocenters. The number of anilines is 2. The summed E-state index contributed by atoms with van der Waals surface area (Å²) in [5.41, 5.74) is 0.718. The van der Waals surface area contributed by atoms with E-state index in [4.69, 9.17) is 9.47 Å². The lowest BCUT2D eigenvalue weighted by atomic mass is 10.1. The molecule has 2 aromatic carbocycles. The Balaban J connectivity index is 1.38. The van der Waals surface area contributed by atoms with Crippen molar-refractivity contribution in [3.05, 3.63) is 47.8 Å². The van der Waals surface area contributed by atoms with Gasteiger partial charge in [0, 0.05) is 13.1 Å². The largest absolute Gasteiger partial charge is 0.504 e. The van der Waals surface area contributed by atoms with Gasteiger partial charge < -0.3 is 29.9 Å². The number of morpholine rings is 1. The fraction of sp³-hybridized carbons (Fsp3) is 0.333. The predicted molar refractivity (Wildman–Crippen MR) is 109 cm³/mol. The summed E-state index contributed by atoms with van der Waals surface area (Å²) in [7, 11) is 0. The normalized spacial score (nSPS) is 18.7. The second-order valence-corrected chi connectivity index (χ2v) is 7.23. The monoisotopic (exact) mass is 431 g/mol. The van der Waals surface area contributed by atoms with Crippen LogP contribution < -0.4 is 15.1 Å². The zero-order valence-corrected chi connectivity index (χ0v) is 16.6. The van der Waals surface area contributed by atoms with Crippen molar-refractivity contribution in [3.8, 4) is 11.5 Å². The van der Waals surface area contributed by atoms with E-state index in [9.17, 15) is 24.2 Å². The molecule has 2 heterocycles. The standard InChI is InChI=1S/C21H22FN3O6/c22-16-10-13(4-5-17(16)24-6-8-30-9-7-24)25-12-14(31-21(25)29)11-23-20(28)15-2-1-3-18(26)19(15)27/h1-5,10,14,26-27H,6-9,11-12H2,(H,23,28). The number of phenols is 2. The van der Waals surface area contributed by atoms with Gasteiger partial charge in [0.25, 0.3) is 5.91 Å². The molecule has 2 aliphatic heterocycles. The van der Waals surface area contributed by atoms with Gasteiger partial charge in [0.2, 0.25) is 0 Å². The molecule has 0 saturated carbocycles. The predicted octanol–water partition coefficient (Wildman–Crippen LogP) is 1.83. The number of ether oxygens (including phenoxy) is 2. The number of carbonyl (C=O) groups is 2. The summed E-state index contributed by atoms with van der Waals surface area (Å²) < 4.78 is 25.2. The highest BCUT2D eigenvalue weighted by atomic mass is 19.1. The Hall–Kier alpha value is -3.53. The lowest BCUT2D eigenvalue weighted by Gasteiger charge is -2.29. The molecule has 2 amide bonds. The number of cyclic esters (lactones) is 1. The van der Waals surface area contributed by atoms with Crippen molar-refractivity contribution in [2.45, 2.75) is 6.10 Å². The van der Waals surface area contributed by atoms with Crippen molar-refractivity contribution in [2.75, 3.05) is 49.2 Å². The van der Waals surface area contributed by atoms with Crippen molar-refractivity contribution in [1.29, 1.82) is 0 Å². The molecular weight excluding hydrogens is 409 g/mol. The Morgan fingerprint density at radius 3 is 2.71 bits per heavy atom. The third kappa shape index (κ3) is 4.33. The number of carbonyl (C=O) groups excluding carboxylic acids is 2. The van der Waals surface area contributed by atoms with E-state index in [1.165, 1.54) is 29.2 Å². The summed E-state index contributed by atoms with van der Waals surface area (Å²) in [5.74, 6) is -2.00. The summed E-state index contributed by atoms with van der Waals surface area (Å²) in [5, 5.41) is 21.8. The van der Waals surface area contributed by atoms with E-state index in [0.29, 0.717) is 37.7 Å². The van der Waals surface area contributed by atoms with Crippen LogP contribution in [-0.4, -0.2) is 67.7 Å². The van der Waals surface area contributed by atoms with Gasteiger partial charge in [-0.25, -0.2) is 9.18 Å². The zero-order valence-electron chi connectivity index (χ0n) is 16.6. The van der Waals surface area contributed by atoms with Crippen LogP contribution in [-0.2, 0) is 9.47 Å². The number of nitrogens with zero attached hydrogens (tertiary/aromatic N) is 2. The van der Waals surface area contributed by atoms with Crippen molar-refractivity contribution in [1.82, 2.24) is 5.32 Å². The number of rotatable bonds is 5. The van der Waals surface area contributed by atoms with Gasteiger partial charge in [-0.3, -0.25) is 9.69 Å². The van der Waals surface area contributed by atoms with Crippen molar-refractivity contribution >= 4 is 23.4 Å². The first kappa shape index (κ1) is 20.7. The molecule has 2 fully saturated rings. The molecule has 2 saturated heterocycles. The molecule has 0 aromatic heterocycles. The van der Waals surface area contributed by atoms with Gasteiger partial charge in [-0.15, -0.1) is 0 Å². The third-order valence-electron chi connectivity index (χ3n) is 5.22. The Labute approximate surface area is 177 Å². The topological polar surface area (TPSA) is 112 Å². The summed E-state index contributed by atoms with van der Waals surface area (Å²) in [6.07, 6.45) is -1.30. The second kappa shape index (κ2) is 8.68. The Kier molecular flexibility index (Phi) is 5.81. The molecular formula is C21H22FN3O6. The molecule has 4 rings (SSSR count). The number of amides is 2. The van der Waals surface area contributed by atoms with Crippen LogP contribution in [0.4, 0.5) is 20.6 Å². The molecule has 9 nitrogen and oxygen atoms in total. The van der Waals surface area contributed by atoms with E-state index in [0.717, 1.165) is 0 Å². The minimum Gasteiger partial charge on any atom is -0.504 e. The quantitative estimate of drug-likeness (QED) is 0.620. The smallest absolute Gasteiger partial charge is 0.414 e. The molecule has 3 N–H and O–H groups in total. The highest BCUT2D eigenvalue weighted by Gasteiger charge is 2.33. The van der Waals surface area contributed by atoms with Crippen LogP contribution in [0.2, 0.25) is 0 Å². The summed E-state index contributed by atoms with van der Waals surface area (Å²) in [6, 6.07) is 8.61. The van der Waals surface area contributed by atoms with Crippen LogP contribution in [0.3, 0.4) is 0 Å². The summed E-state index contributed by atoms with van der Waals surface area (Å²) in [4.78, 5) is 27.7. The maximum Gasteiger partial charge on any atom is 0.414 e. The van der Waals surface area contributed by atoms with Crippen molar-refractivity contribution in [3.63, 3.8) is 0 Å². The maximum atomic E-state index is 14.7. The summed E-state index contributed by atoms with van der Waals surface area (Å²) >= 11 is 0. The Morgan fingerprint density at radius 1 is 1.19 bits per heavy atom. The van der Waals surface area contributed by atoms with Crippen LogP contribution in [0.25, 0.3) is 0 Å². The summed E-state index contributed by atoms with van der Waals surface area (Å²) in [6.45, 7) is 2.38. The molecule has 2 aliphatic rings. The van der Waals surface area contributed by atoms with Crippen LogP contribution >= 0.6 is 0 Å². The van der Waals surface area contributed by atoms with Crippen LogP contribution in [0.15, 0.2) is 36.4 Å². The van der Waals surface area contributed by atoms with Crippen LogP contribution in [0.5, 0.6) is 11.5 Å². The molecule has 0 aliphatic carbocycles. The third-order valence-corrected chi connectivity index (χ3v) is 5.22. The van der Waals surface area contributed by atoms with E-state index in [2.05, 4.69) is 5.32 Å². The molecule has 10 heteroatoms. The molecule has 2 aromatic rings. The zero-order chi connectivity index (χ0) is 22.0. The first-order valence-corrected chi connectivity index (χ1v) is 9.83. The maximum absolute atomic E-state index is 14.7. The van der Waals surface area contributed by atoms with E-state index in [1.807, 2.05) is 4.90 Å². The SMILES string of the molecule is O=C(NCC1CN(c2ccc(N3CCOCC3)c(F)c2)C(=O)O1)c1cccc(O)c1O. The van der Waals surface area contributed by atoms with E-state index in [-0.39, 0.29) is 18.7 Å².